The highest BCUT2D eigenvalue weighted by atomic mass is 16.5. The van der Waals surface area contributed by atoms with Crippen LogP contribution in [-0.4, -0.2) is 21.6 Å². The minimum Gasteiger partial charge on any atom is -0.436 e. The van der Waals surface area contributed by atoms with Gasteiger partial charge in [0.15, 0.2) is 0 Å². The molecule has 0 amide bonds. The predicted molar refractivity (Wildman–Crippen MR) is 73.7 cm³/mol. The molecule has 21 heavy (non-hydrogen) atoms. The van der Waals surface area contributed by atoms with Crippen molar-refractivity contribution < 1.29 is 14.3 Å². The minimum absolute atomic E-state index is 0.250. The molecule has 1 aliphatic carbocycles. The van der Waals surface area contributed by atoms with Gasteiger partial charge in [-0.15, -0.1) is 5.10 Å². The third-order valence-electron chi connectivity index (χ3n) is 3.57. The average Bonchev–Trinajstić information content (AvgIpc) is 3.03. The second kappa shape index (κ2) is 7.97. The Balaban J connectivity index is 0.000000497. The Kier molecular flexibility index (Phi) is 5.67. The molecule has 1 aromatic heterocycles. The van der Waals surface area contributed by atoms with Gasteiger partial charge in [-0.1, -0.05) is 31.4 Å². The van der Waals surface area contributed by atoms with Gasteiger partial charge >= 0.3 is 6.15 Å². The molecule has 0 atom stereocenters. The molecular weight excluding hydrogens is 270 g/mol. The van der Waals surface area contributed by atoms with Gasteiger partial charge < -0.3 is 4.74 Å². The number of nitrogens with zero attached hydrogens (tertiary/aromatic N) is 2. The number of rotatable bonds is 3. The van der Waals surface area contributed by atoms with Crippen molar-refractivity contribution in [2.75, 3.05) is 0 Å². The number of benzene rings is 1. The second-order valence-electron chi connectivity index (χ2n) is 4.90. The van der Waals surface area contributed by atoms with Crippen molar-refractivity contribution >= 4 is 6.15 Å². The molecule has 110 valence electrons. The normalized spacial score (nSPS) is 14.7. The zero-order valence-electron chi connectivity index (χ0n) is 11.6. The second-order valence-corrected chi connectivity index (χ2v) is 4.90. The summed E-state index contributed by atoms with van der Waals surface area (Å²) in [6, 6.07) is 8.37. The Bertz CT molecular complexity index is 554. The standard InChI is InChI=1S/C14H17N3O.CO2/c1-2-4-11(5-3-1)12-6-8-13(9-7-12)18-14-10-15-17-16-14;2-1-3/h6-11H,1-5H2,(H,15,16,17);. The van der Waals surface area contributed by atoms with E-state index in [1.807, 2.05) is 12.1 Å². The summed E-state index contributed by atoms with van der Waals surface area (Å²) < 4.78 is 5.56. The van der Waals surface area contributed by atoms with Gasteiger partial charge in [-0.2, -0.15) is 19.9 Å². The van der Waals surface area contributed by atoms with Crippen molar-refractivity contribution in [2.24, 2.45) is 0 Å². The van der Waals surface area contributed by atoms with Crippen LogP contribution in [0.4, 0.5) is 0 Å². The molecule has 1 aromatic carbocycles. The summed E-state index contributed by atoms with van der Waals surface area (Å²) in [6.45, 7) is 0. The van der Waals surface area contributed by atoms with Crippen molar-refractivity contribution in [3.05, 3.63) is 36.0 Å². The SMILES string of the molecule is O=C=O.c1cc(C2CCCCC2)ccc1Oc1cn[nH]n1. The predicted octanol–water partition coefficient (Wildman–Crippen LogP) is 3.06. The maximum atomic E-state index is 8.12. The first-order chi connectivity index (χ1) is 10.3. The monoisotopic (exact) mass is 287 g/mol. The van der Waals surface area contributed by atoms with Gasteiger partial charge in [0.1, 0.15) is 11.9 Å². The lowest BCUT2D eigenvalue weighted by Crippen LogP contribution is -2.04. The van der Waals surface area contributed by atoms with E-state index < -0.39 is 0 Å². The smallest absolute Gasteiger partial charge is 0.373 e. The largest absolute Gasteiger partial charge is 0.436 e. The topological polar surface area (TPSA) is 84.9 Å². The third-order valence-corrected chi connectivity index (χ3v) is 3.57. The van der Waals surface area contributed by atoms with Crippen LogP contribution in [0.2, 0.25) is 0 Å². The molecule has 1 saturated carbocycles. The summed E-state index contributed by atoms with van der Waals surface area (Å²) in [5.41, 5.74) is 1.43. The number of hydrogen-bond acceptors (Lipinski definition) is 5. The maximum absolute atomic E-state index is 8.12. The van der Waals surface area contributed by atoms with E-state index in [1.165, 1.54) is 37.7 Å². The lowest BCUT2D eigenvalue weighted by atomic mass is 9.84. The fourth-order valence-corrected chi connectivity index (χ4v) is 2.60. The molecule has 2 aromatic rings. The average molecular weight is 287 g/mol. The van der Waals surface area contributed by atoms with Crippen LogP contribution in [-0.2, 0) is 9.59 Å². The van der Waals surface area contributed by atoms with Crippen molar-refractivity contribution in [3.8, 4) is 11.6 Å². The van der Waals surface area contributed by atoms with Crippen molar-refractivity contribution in [2.45, 2.75) is 38.0 Å². The van der Waals surface area contributed by atoms with Crippen molar-refractivity contribution in [1.82, 2.24) is 15.4 Å². The molecule has 0 aliphatic heterocycles. The van der Waals surface area contributed by atoms with E-state index >= 15 is 0 Å². The number of aromatic amines is 1. The maximum Gasteiger partial charge on any atom is 0.373 e. The van der Waals surface area contributed by atoms with Gasteiger partial charge in [-0.05, 0) is 36.5 Å². The van der Waals surface area contributed by atoms with Crippen LogP contribution in [0.25, 0.3) is 0 Å². The van der Waals surface area contributed by atoms with Crippen LogP contribution in [0.3, 0.4) is 0 Å². The summed E-state index contributed by atoms with van der Waals surface area (Å²) in [5.74, 6) is 2.05. The zero-order valence-corrected chi connectivity index (χ0v) is 11.6. The molecule has 1 aliphatic rings. The van der Waals surface area contributed by atoms with Crippen LogP contribution in [0.1, 0.15) is 43.6 Å². The van der Waals surface area contributed by atoms with E-state index in [9.17, 15) is 0 Å². The molecule has 0 unspecified atom stereocenters. The van der Waals surface area contributed by atoms with Gasteiger partial charge in [-0.25, -0.2) is 0 Å². The number of hydrogen-bond donors (Lipinski definition) is 1. The quantitative estimate of drug-likeness (QED) is 0.937. The van der Waals surface area contributed by atoms with Gasteiger partial charge in [0.2, 0.25) is 0 Å². The van der Waals surface area contributed by atoms with Crippen molar-refractivity contribution in [1.29, 1.82) is 0 Å². The third kappa shape index (κ3) is 4.54. The molecule has 0 radical (unpaired) electrons. The van der Waals surface area contributed by atoms with E-state index in [-0.39, 0.29) is 6.15 Å². The Morgan fingerprint density at radius 1 is 1.10 bits per heavy atom. The number of aromatic nitrogens is 3. The highest BCUT2D eigenvalue weighted by molar-refractivity contribution is 5.31. The summed E-state index contributed by atoms with van der Waals surface area (Å²) >= 11 is 0. The molecule has 3 rings (SSSR count). The molecule has 0 saturated heterocycles. The van der Waals surface area contributed by atoms with E-state index in [2.05, 4.69) is 27.5 Å². The molecule has 0 spiro atoms. The fraction of sp³-hybridized carbons (Fsp3) is 0.400. The van der Waals surface area contributed by atoms with Gasteiger partial charge in [0.25, 0.3) is 5.88 Å². The Morgan fingerprint density at radius 2 is 1.76 bits per heavy atom. The Labute approximate surface area is 122 Å². The number of ether oxygens (including phenoxy) is 1. The molecular formula is C15H17N3O3. The summed E-state index contributed by atoms with van der Waals surface area (Å²) in [7, 11) is 0. The Morgan fingerprint density at radius 3 is 2.33 bits per heavy atom. The van der Waals surface area contributed by atoms with E-state index in [1.54, 1.807) is 6.20 Å². The highest BCUT2D eigenvalue weighted by Crippen LogP contribution is 2.33. The fourth-order valence-electron chi connectivity index (χ4n) is 2.60. The first kappa shape index (κ1) is 14.9. The summed E-state index contributed by atoms with van der Waals surface area (Å²) in [4.78, 5) is 16.2. The zero-order chi connectivity index (χ0) is 14.9. The van der Waals surface area contributed by atoms with Crippen molar-refractivity contribution in [3.63, 3.8) is 0 Å². The molecule has 1 heterocycles. The van der Waals surface area contributed by atoms with Gasteiger partial charge in [-0.3, -0.25) is 0 Å². The molecule has 0 bridgehead atoms. The lowest BCUT2D eigenvalue weighted by Gasteiger charge is -2.21. The van der Waals surface area contributed by atoms with Gasteiger partial charge in [0.05, 0.1) is 0 Å². The lowest BCUT2D eigenvalue weighted by molar-refractivity contribution is -0.191. The van der Waals surface area contributed by atoms with Crippen LogP contribution < -0.4 is 4.74 Å². The first-order valence-electron chi connectivity index (χ1n) is 6.96. The highest BCUT2D eigenvalue weighted by Gasteiger charge is 2.15. The number of carbonyl (C=O) groups excluding carboxylic acids is 2. The van der Waals surface area contributed by atoms with Crippen LogP contribution in [0, 0.1) is 0 Å². The van der Waals surface area contributed by atoms with Crippen LogP contribution >= 0.6 is 0 Å². The molecule has 6 heteroatoms. The summed E-state index contributed by atoms with van der Waals surface area (Å²) in [5, 5.41) is 10.1. The van der Waals surface area contributed by atoms with E-state index in [0.717, 1.165) is 11.7 Å². The minimum atomic E-state index is 0.250. The number of H-pyrrole nitrogens is 1. The van der Waals surface area contributed by atoms with Crippen LogP contribution in [0.15, 0.2) is 30.5 Å². The van der Waals surface area contributed by atoms with Gasteiger partial charge in [0, 0.05) is 0 Å². The number of nitrogens with one attached hydrogen (secondary N) is 1. The molecule has 1 N–H and O–H groups in total. The molecule has 1 fully saturated rings. The van der Waals surface area contributed by atoms with E-state index in [4.69, 9.17) is 14.3 Å². The Hall–Kier alpha value is -2.46. The first-order valence-corrected chi connectivity index (χ1v) is 6.96. The molecule has 6 nitrogen and oxygen atoms in total. The van der Waals surface area contributed by atoms with Crippen LogP contribution in [0.5, 0.6) is 11.6 Å². The summed E-state index contributed by atoms with van der Waals surface area (Å²) in [6.07, 6.45) is 8.58. The van der Waals surface area contributed by atoms with E-state index in [0.29, 0.717) is 5.88 Å².